The van der Waals surface area contributed by atoms with Crippen molar-refractivity contribution in [3.05, 3.63) is 41.2 Å². The molecule has 0 saturated heterocycles. The third-order valence-electron chi connectivity index (χ3n) is 2.50. The van der Waals surface area contributed by atoms with Crippen LogP contribution in [0, 0.1) is 6.92 Å². The van der Waals surface area contributed by atoms with Crippen LogP contribution in [0.5, 0.6) is 0 Å². The standard InChI is InChI=1S/C13H17N3O2/c1-10-4-3-5-11(8-10)9-12-15-13(18-16-12)14-6-7-17-2/h3-5,8H,6-7,9H2,1-2H3,(H,14,15,16). The van der Waals surface area contributed by atoms with Crippen LogP contribution < -0.4 is 5.32 Å². The van der Waals surface area contributed by atoms with Crippen molar-refractivity contribution < 1.29 is 9.26 Å². The van der Waals surface area contributed by atoms with E-state index >= 15 is 0 Å². The van der Waals surface area contributed by atoms with Crippen molar-refractivity contribution in [3.63, 3.8) is 0 Å². The van der Waals surface area contributed by atoms with Gasteiger partial charge in [0.2, 0.25) is 0 Å². The maximum absolute atomic E-state index is 5.09. The van der Waals surface area contributed by atoms with Gasteiger partial charge in [0.1, 0.15) is 0 Å². The van der Waals surface area contributed by atoms with Gasteiger partial charge >= 0.3 is 6.01 Å². The zero-order chi connectivity index (χ0) is 12.8. The Labute approximate surface area is 106 Å². The first-order chi connectivity index (χ1) is 8.78. The highest BCUT2D eigenvalue weighted by Gasteiger charge is 2.06. The minimum atomic E-state index is 0.440. The van der Waals surface area contributed by atoms with Crippen molar-refractivity contribution in [2.75, 3.05) is 25.6 Å². The molecule has 1 aromatic heterocycles. The molecular formula is C13H17N3O2. The Bertz CT molecular complexity index is 496. The van der Waals surface area contributed by atoms with Crippen molar-refractivity contribution in [1.29, 1.82) is 0 Å². The van der Waals surface area contributed by atoms with Gasteiger partial charge in [0.25, 0.3) is 0 Å². The second-order valence-corrected chi connectivity index (χ2v) is 4.10. The highest BCUT2D eigenvalue weighted by Crippen LogP contribution is 2.10. The van der Waals surface area contributed by atoms with Crippen LogP contribution >= 0.6 is 0 Å². The van der Waals surface area contributed by atoms with Gasteiger partial charge in [0, 0.05) is 20.1 Å². The zero-order valence-electron chi connectivity index (χ0n) is 10.6. The van der Waals surface area contributed by atoms with Crippen LogP contribution in [0.1, 0.15) is 17.0 Å². The summed E-state index contributed by atoms with van der Waals surface area (Å²) in [6.45, 7) is 3.33. The van der Waals surface area contributed by atoms with E-state index in [1.54, 1.807) is 7.11 Å². The second-order valence-electron chi connectivity index (χ2n) is 4.10. The molecule has 1 aromatic carbocycles. The Balaban J connectivity index is 1.94. The fourth-order valence-electron chi connectivity index (χ4n) is 1.66. The predicted octanol–water partition coefficient (Wildman–Crippen LogP) is 2.03. The molecule has 5 heteroatoms. The number of aryl methyl sites for hydroxylation is 1. The molecule has 0 radical (unpaired) electrons. The Morgan fingerprint density at radius 1 is 1.39 bits per heavy atom. The maximum Gasteiger partial charge on any atom is 0.321 e. The first-order valence-electron chi connectivity index (χ1n) is 5.89. The summed E-state index contributed by atoms with van der Waals surface area (Å²) in [7, 11) is 1.65. The first-order valence-corrected chi connectivity index (χ1v) is 5.89. The van der Waals surface area contributed by atoms with Crippen LogP contribution in [0.3, 0.4) is 0 Å². The molecule has 0 amide bonds. The molecule has 0 saturated carbocycles. The van der Waals surface area contributed by atoms with Gasteiger partial charge in [-0.3, -0.25) is 0 Å². The topological polar surface area (TPSA) is 60.2 Å². The van der Waals surface area contributed by atoms with E-state index in [1.807, 2.05) is 6.07 Å². The lowest BCUT2D eigenvalue weighted by Gasteiger charge is -1.98. The van der Waals surface area contributed by atoms with Crippen LogP contribution in [-0.4, -0.2) is 30.4 Å². The monoisotopic (exact) mass is 247 g/mol. The quantitative estimate of drug-likeness (QED) is 0.791. The number of anilines is 1. The van der Waals surface area contributed by atoms with Crippen LogP contribution in [-0.2, 0) is 11.2 Å². The Kier molecular flexibility index (Phi) is 4.30. The molecule has 2 aromatic rings. The average molecular weight is 247 g/mol. The molecule has 2 rings (SSSR count). The van der Waals surface area contributed by atoms with Gasteiger partial charge < -0.3 is 14.6 Å². The second kappa shape index (κ2) is 6.16. The van der Waals surface area contributed by atoms with Crippen LogP contribution in [0.2, 0.25) is 0 Å². The highest BCUT2D eigenvalue weighted by atomic mass is 16.5. The van der Waals surface area contributed by atoms with Gasteiger partial charge in [0.05, 0.1) is 6.61 Å². The van der Waals surface area contributed by atoms with Crippen molar-refractivity contribution >= 4 is 6.01 Å². The van der Waals surface area contributed by atoms with Crippen LogP contribution in [0.15, 0.2) is 28.8 Å². The van der Waals surface area contributed by atoms with Gasteiger partial charge in [0.15, 0.2) is 5.82 Å². The van der Waals surface area contributed by atoms with Crippen molar-refractivity contribution in [2.45, 2.75) is 13.3 Å². The minimum absolute atomic E-state index is 0.440. The van der Waals surface area contributed by atoms with E-state index in [-0.39, 0.29) is 0 Å². The molecule has 0 aliphatic heterocycles. The first kappa shape index (κ1) is 12.6. The average Bonchev–Trinajstić information content (AvgIpc) is 2.77. The summed E-state index contributed by atoms with van der Waals surface area (Å²) in [5, 5.41) is 6.93. The van der Waals surface area contributed by atoms with E-state index in [9.17, 15) is 0 Å². The third-order valence-corrected chi connectivity index (χ3v) is 2.50. The molecule has 0 unspecified atom stereocenters. The Hall–Kier alpha value is -1.88. The third kappa shape index (κ3) is 3.56. The number of ether oxygens (including phenoxy) is 1. The van der Waals surface area contributed by atoms with Crippen molar-refractivity contribution in [3.8, 4) is 0 Å². The lowest BCUT2D eigenvalue weighted by molar-refractivity contribution is 0.210. The number of rotatable bonds is 6. The zero-order valence-corrected chi connectivity index (χ0v) is 10.6. The van der Waals surface area contributed by atoms with Crippen molar-refractivity contribution in [1.82, 2.24) is 10.1 Å². The number of hydrogen-bond donors (Lipinski definition) is 1. The summed E-state index contributed by atoms with van der Waals surface area (Å²) in [6, 6.07) is 8.71. The normalized spacial score (nSPS) is 10.6. The lowest BCUT2D eigenvalue weighted by atomic mass is 10.1. The van der Waals surface area contributed by atoms with Gasteiger partial charge in [-0.05, 0) is 12.5 Å². The van der Waals surface area contributed by atoms with E-state index in [4.69, 9.17) is 9.26 Å². The fourth-order valence-corrected chi connectivity index (χ4v) is 1.66. The van der Waals surface area contributed by atoms with E-state index in [2.05, 4.69) is 40.6 Å². The number of nitrogens with zero attached hydrogens (tertiary/aromatic N) is 2. The number of hydrogen-bond acceptors (Lipinski definition) is 5. The molecule has 1 N–H and O–H groups in total. The van der Waals surface area contributed by atoms with E-state index in [0.29, 0.717) is 31.4 Å². The van der Waals surface area contributed by atoms with Crippen LogP contribution in [0.4, 0.5) is 6.01 Å². The minimum Gasteiger partial charge on any atom is -0.383 e. The maximum atomic E-state index is 5.09. The van der Waals surface area contributed by atoms with E-state index in [1.165, 1.54) is 11.1 Å². The number of aromatic nitrogens is 2. The molecule has 0 aliphatic rings. The number of benzene rings is 1. The summed E-state index contributed by atoms with van der Waals surface area (Å²) in [4.78, 5) is 4.26. The largest absolute Gasteiger partial charge is 0.383 e. The van der Waals surface area contributed by atoms with Crippen molar-refractivity contribution in [2.24, 2.45) is 0 Å². The predicted molar refractivity (Wildman–Crippen MR) is 68.6 cm³/mol. The number of nitrogens with one attached hydrogen (secondary N) is 1. The molecule has 18 heavy (non-hydrogen) atoms. The molecule has 1 heterocycles. The summed E-state index contributed by atoms with van der Waals surface area (Å²) >= 11 is 0. The molecule has 0 bridgehead atoms. The molecule has 0 fully saturated rings. The highest BCUT2D eigenvalue weighted by molar-refractivity contribution is 5.26. The summed E-state index contributed by atoms with van der Waals surface area (Å²) in [5.74, 6) is 0.681. The molecule has 0 aliphatic carbocycles. The van der Waals surface area contributed by atoms with E-state index < -0.39 is 0 Å². The summed E-state index contributed by atoms with van der Waals surface area (Å²) < 4.78 is 10.0. The van der Waals surface area contributed by atoms with Gasteiger partial charge in [-0.25, -0.2) is 0 Å². The summed E-state index contributed by atoms with van der Waals surface area (Å²) in [5.41, 5.74) is 2.41. The SMILES string of the molecule is COCCNc1nc(Cc2cccc(C)c2)no1. The van der Waals surface area contributed by atoms with Crippen LogP contribution in [0.25, 0.3) is 0 Å². The molecule has 96 valence electrons. The number of methoxy groups -OCH3 is 1. The van der Waals surface area contributed by atoms with Gasteiger partial charge in [-0.1, -0.05) is 35.0 Å². The van der Waals surface area contributed by atoms with E-state index in [0.717, 1.165) is 0 Å². The molecule has 0 spiro atoms. The molecule has 5 nitrogen and oxygen atoms in total. The molecular weight excluding hydrogens is 230 g/mol. The van der Waals surface area contributed by atoms with Gasteiger partial charge in [-0.15, -0.1) is 0 Å². The lowest BCUT2D eigenvalue weighted by Crippen LogP contribution is -2.07. The fraction of sp³-hybridized carbons (Fsp3) is 0.385. The smallest absolute Gasteiger partial charge is 0.321 e. The summed E-state index contributed by atoms with van der Waals surface area (Å²) in [6.07, 6.45) is 0.678. The Morgan fingerprint density at radius 3 is 3.06 bits per heavy atom. The van der Waals surface area contributed by atoms with Gasteiger partial charge in [-0.2, -0.15) is 4.98 Å². The Morgan fingerprint density at radius 2 is 2.28 bits per heavy atom. The molecule has 0 atom stereocenters.